The van der Waals surface area contributed by atoms with Crippen LogP contribution >= 0.6 is 23.2 Å². The summed E-state index contributed by atoms with van der Waals surface area (Å²) in [5.74, 6) is 0. The Balaban J connectivity index is 3.05. The molecule has 0 aromatic carbocycles. The molecule has 8 heavy (non-hydrogen) atoms. The first-order valence-electron chi connectivity index (χ1n) is 2.45. The Hall–Kier alpha value is 0.250. The van der Waals surface area contributed by atoms with Gasteiger partial charge in [-0.25, -0.2) is 0 Å². The van der Waals surface area contributed by atoms with E-state index in [-0.39, 0.29) is 10.6 Å². The number of hydrogen-bond donors (Lipinski definition) is 0. The summed E-state index contributed by atoms with van der Waals surface area (Å²) in [7, 11) is 0. The lowest BCUT2D eigenvalue weighted by Gasteiger charge is -1.95. The summed E-state index contributed by atoms with van der Waals surface area (Å²) in [6.07, 6.45) is 1.05. The van der Waals surface area contributed by atoms with Crippen LogP contribution in [0.3, 0.4) is 0 Å². The molecule has 0 bridgehead atoms. The van der Waals surface area contributed by atoms with Crippen molar-refractivity contribution in [2.45, 2.75) is 25.1 Å². The molecule has 3 heteroatoms. The Morgan fingerprint density at radius 2 is 2.25 bits per heavy atom. The van der Waals surface area contributed by atoms with Crippen molar-refractivity contribution < 1.29 is 4.79 Å². The second-order valence-electron chi connectivity index (χ2n) is 1.67. The van der Waals surface area contributed by atoms with Crippen LogP contribution in [0.1, 0.15) is 19.8 Å². The van der Waals surface area contributed by atoms with E-state index in [1.165, 1.54) is 0 Å². The molecule has 0 aliphatic heterocycles. The first-order chi connectivity index (χ1) is 3.63. The molecule has 0 heterocycles. The van der Waals surface area contributed by atoms with Crippen molar-refractivity contribution in [2.24, 2.45) is 0 Å². The van der Waals surface area contributed by atoms with Crippen molar-refractivity contribution in [3.8, 4) is 0 Å². The normalized spacial score (nSPS) is 13.4. The lowest BCUT2D eigenvalue weighted by atomic mass is 10.3. The van der Waals surface area contributed by atoms with E-state index in [1.54, 1.807) is 0 Å². The molecular formula is C5H8Cl2O. The Morgan fingerprint density at radius 1 is 1.75 bits per heavy atom. The van der Waals surface area contributed by atoms with Crippen LogP contribution in [0.25, 0.3) is 0 Å². The molecule has 0 aromatic heterocycles. The minimum absolute atomic E-state index is 0.0534. The van der Waals surface area contributed by atoms with E-state index in [1.807, 2.05) is 6.92 Å². The van der Waals surface area contributed by atoms with Crippen LogP contribution in [0.5, 0.6) is 0 Å². The highest BCUT2D eigenvalue weighted by molar-refractivity contribution is 6.63. The molecule has 1 nitrogen and oxygen atoms in total. The molecule has 0 amide bonds. The highest BCUT2D eigenvalue weighted by Crippen LogP contribution is 2.04. The van der Waals surface area contributed by atoms with Crippen molar-refractivity contribution in [1.82, 2.24) is 0 Å². The summed E-state index contributed by atoms with van der Waals surface area (Å²) in [5.41, 5.74) is 0. The van der Waals surface area contributed by atoms with Gasteiger partial charge in [-0.15, -0.1) is 11.6 Å². The van der Waals surface area contributed by atoms with Gasteiger partial charge in [-0.2, -0.15) is 0 Å². The summed E-state index contributed by atoms with van der Waals surface area (Å²) >= 11 is 10.5. The van der Waals surface area contributed by atoms with Crippen molar-refractivity contribution in [3.63, 3.8) is 0 Å². The second kappa shape index (κ2) is 4.16. The Labute approximate surface area is 59.0 Å². The molecular weight excluding hydrogens is 147 g/mol. The van der Waals surface area contributed by atoms with Gasteiger partial charge in [-0.05, 0) is 24.9 Å². The fourth-order valence-electron chi connectivity index (χ4n) is 0.312. The van der Waals surface area contributed by atoms with Crippen LogP contribution in [-0.4, -0.2) is 10.6 Å². The number of carbonyl (C=O) groups is 1. The van der Waals surface area contributed by atoms with Crippen LogP contribution < -0.4 is 0 Å². The third kappa shape index (κ3) is 6.25. The molecule has 0 radical (unpaired) electrons. The van der Waals surface area contributed by atoms with Crippen LogP contribution in [0.15, 0.2) is 0 Å². The van der Waals surface area contributed by atoms with Gasteiger partial charge in [0.25, 0.3) is 0 Å². The maximum atomic E-state index is 10.1. The van der Waals surface area contributed by atoms with Gasteiger partial charge in [0.2, 0.25) is 5.24 Å². The number of halogens is 2. The molecule has 0 aliphatic rings. The fourth-order valence-corrected chi connectivity index (χ4v) is 0.531. The highest BCUT2D eigenvalue weighted by Gasteiger charge is 1.99. The first kappa shape index (κ1) is 8.25. The van der Waals surface area contributed by atoms with Crippen LogP contribution in [-0.2, 0) is 4.79 Å². The minimum Gasteiger partial charge on any atom is -0.281 e. The molecule has 0 N–H and O–H groups in total. The van der Waals surface area contributed by atoms with E-state index >= 15 is 0 Å². The first-order valence-corrected chi connectivity index (χ1v) is 3.26. The SMILES string of the molecule is C[C@@H](Cl)CCC(=O)Cl. The van der Waals surface area contributed by atoms with Gasteiger partial charge in [-0.3, -0.25) is 4.79 Å². The molecule has 0 saturated carbocycles. The predicted molar refractivity (Wildman–Crippen MR) is 35.4 cm³/mol. The fraction of sp³-hybridized carbons (Fsp3) is 0.800. The van der Waals surface area contributed by atoms with Gasteiger partial charge in [-0.1, -0.05) is 0 Å². The summed E-state index contributed by atoms with van der Waals surface area (Å²) < 4.78 is 0. The molecule has 0 spiro atoms. The van der Waals surface area contributed by atoms with Crippen LogP contribution in [0.4, 0.5) is 0 Å². The zero-order valence-electron chi connectivity index (χ0n) is 4.66. The maximum Gasteiger partial charge on any atom is 0.221 e. The van der Waals surface area contributed by atoms with E-state index in [2.05, 4.69) is 0 Å². The smallest absolute Gasteiger partial charge is 0.221 e. The molecule has 1 atom stereocenters. The second-order valence-corrected chi connectivity index (χ2v) is 2.84. The standard InChI is InChI=1S/C5H8Cl2O/c1-4(6)2-3-5(7)8/h4H,2-3H2,1H3/t4-/m1/s1. The van der Waals surface area contributed by atoms with Gasteiger partial charge in [0.15, 0.2) is 0 Å². The Kier molecular flexibility index (Phi) is 4.29. The van der Waals surface area contributed by atoms with Gasteiger partial charge in [0.05, 0.1) is 0 Å². The molecule has 48 valence electrons. The highest BCUT2D eigenvalue weighted by atomic mass is 35.5. The van der Waals surface area contributed by atoms with Gasteiger partial charge in [0, 0.05) is 11.8 Å². The van der Waals surface area contributed by atoms with E-state index < -0.39 is 0 Å². The number of carbonyl (C=O) groups excluding carboxylic acids is 1. The largest absolute Gasteiger partial charge is 0.281 e. The average molecular weight is 155 g/mol. The summed E-state index contributed by atoms with van der Waals surface area (Å²) in [6, 6.07) is 0. The molecule has 0 rings (SSSR count). The van der Waals surface area contributed by atoms with Gasteiger partial charge >= 0.3 is 0 Å². The van der Waals surface area contributed by atoms with Crippen molar-refractivity contribution >= 4 is 28.4 Å². The topological polar surface area (TPSA) is 17.1 Å². The summed E-state index contributed by atoms with van der Waals surface area (Å²) in [5, 5.41) is -0.254. The third-order valence-corrected chi connectivity index (χ3v) is 1.15. The van der Waals surface area contributed by atoms with E-state index in [9.17, 15) is 4.79 Å². The lowest BCUT2D eigenvalue weighted by Crippen LogP contribution is -1.93. The molecule has 0 saturated heterocycles. The Bertz CT molecular complexity index is 80.5. The molecule has 0 aliphatic carbocycles. The van der Waals surface area contributed by atoms with E-state index in [4.69, 9.17) is 23.2 Å². The molecule has 0 aromatic rings. The zero-order chi connectivity index (χ0) is 6.57. The maximum absolute atomic E-state index is 10.1. The van der Waals surface area contributed by atoms with Crippen molar-refractivity contribution in [2.75, 3.05) is 0 Å². The zero-order valence-corrected chi connectivity index (χ0v) is 6.17. The third-order valence-electron chi connectivity index (χ3n) is 0.739. The Morgan fingerprint density at radius 3 is 2.38 bits per heavy atom. The van der Waals surface area contributed by atoms with E-state index in [0.29, 0.717) is 12.8 Å². The van der Waals surface area contributed by atoms with Crippen molar-refractivity contribution in [3.05, 3.63) is 0 Å². The van der Waals surface area contributed by atoms with Crippen molar-refractivity contribution in [1.29, 1.82) is 0 Å². The van der Waals surface area contributed by atoms with E-state index in [0.717, 1.165) is 0 Å². The van der Waals surface area contributed by atoms with Crippen LogP contribution in [0.2, 0.25) is 0 Å². The minimum atomic E-state index is -0.308. The molecule has 0 fully saturated rings. The quantitative estimate of drug-likeness (QED) is 0.450. The molecule has 0 unspecified atom stereocenters. The summed E-state index contributed by atoms with van der Waals surface area (Å²) in [4.78, 5) is 10.1. The summed E-state index contributed by atoms with van der Waals surface area (Å²) in [6.45, 7) is 1.83. The number of alkyl halides is 1. The lowest BCUT2D eigenvalue weighted by molar-refractivity contribution is -0.111. The average Bonchev–Trinajstić information content (AvgIpc) is 1.61. The monoisotopic (exact) mass is 154 g/mol. The number of hydrogen-bond acceptors (Lipinski definition) is 1. The van der Waals surface area contributed by atoms with Crippen LogP contribution in [0, 0.1) is 0 Å². The van der Waals surface area contributed by atoms with Gasteiger partial charge in [0.1, 0.15) is 0 Å². The van der Waals surface area contributed by atoms with Gasteiger partial charge < -0.3 is 0 Å². The predicted octanol–water partition coefficient (Wildman–Crippen LogP) is 2.16. The number of rotatable bonds is 3.